The molecule has 1 amide bonds. The van der Waals surface area contributed by atoms with E-state index in [4.69, 9.17) is 18.9 Å². The number of ether oxygens (including phenoxy) is 4. The predicted molar refractivity (Wildman–Crippen MR) is 291 cm³/mol. The van der Waals surface area contributed by atoms with Crippen LogP contribution in [-0.2, 0) is 23.7 Å². The molecule has 2 fully saturated rings. The molecule has 2 aliphatic rings. The van der Waals surface area contributed by atoms with Gasteiger partial charge in [0.15, 0.2) is 12.6 Å². The summed E-state index contributed by atoms with van der Waals surface area (Å²) >= 11 is 0. The zero-order valence-electron chi connectivity index (χ0n) is 46.1. The number of aliphatic hydroxyl groups is 8. The number of amides is 1. The minimum atomic E-state index is -1.79. The Morgan fingerprint density at radius 3 is 1.32 bits per heavy atom. The molecule has 2 rings (SSSR count). The van der Waals surface area contributed by atoms with Gasteiger partial charge in [0.1, 0.15) is 48.8 Å². The second-order valence-corrected chi connectivity index (χ2v) is 21.5. The summed E-state index contributed by atoms with van der Waals surface area (Å²) in [5.74, 6) is -0.250. The number of aliphatic hydroxyl groups excluding tert-OH is 8. The number of rotatable bonds is 48. The molecule has 0 aromatic carbocycles. The molecule has 0 saturated carbocycles. The predicted octanol–water partition coefficient (Wildman–Crippen LogP) is 10.1. The highest BCUT2D eigenvalue weighted by molar-refractivity contribution is 5.76. The highest BCUT2D eigenvalue weighted by atomic mass is 16.7. The van der Waals surface area contributed by atoms with Gasteiger partial charge in [-0.1, -0.05) is 244 Å². The van der Waals surface area contributed by atoms with Crippen LogP contribution in [0.4, 0.5) is 0 Å². The Labute approximate surface area is 443 Å². The number of allylic oxidation sites excluding steroid dienone is 3. The van der Waals surface area contributed by atoms with Gasteiger partial charge in [0.05, 0.1) is 32.0 Å². The molecule has 2 heterocycles. The van der Waals surface area contributed by atoms with Crippen LogP contribution in [0, 0.1) is 0 Å². The van der Waals surface area contributed by atoms with E-state index in [9.17, 15) is 45.6 Å². The van der Waals surface area contributed by atoms with E-state index in [1.165, 1.54) is 180 Å². The fourth-order valence-electron chi connectivity index (χ4n) is 10.0. The molecule has 0 aromatic heterocycles. The molecule has 0 aliphatic carbocycles. The molecule has 73 heavy (non-hydrogen) atoms. The van der Waals surface area contributed by atoms with Crippen molar-refractivity contribution in [1.82, 2.24) is 5.32 Å². The molecule has 2 aliphatic heterocycles. The second kappa shape index (κ2) is 45.5. The first-order valence-corrected chi connectivity index (χ1v) is 30.1. The Balaban J connectivity index is 1.56. The monoisotopic (exact) mass is 1040 g/mol. The lowest BCUT2D eigenvalue weighted by molar-refractivity contribution is -0.359. The van der Waals surface area contributed by atoms with E-state index >= 15 is 0 Å². The standard InChI is InChI=1S/C59H111NO13/c1-3-5-7-9-11-12-13-14-15-16-17-18-19-20-21-22-23-24-25-26-27-28-29-30-31-32-33-34-35-37-39-41-43-51(64)60-47(48(63)42-40-38-36-10-8-6-4-2)46-70-58-56(69)54(67)57(50(45-62)72-58)73-59-55(68)53(66)52(65)49(44-61)71-59/h8,10,40,42,47-50,52-59,61-63,65-69H,3-7,9,11-39,41,43-46H2,1-2H3,(H,60,64)/b10-8+,42-40+. The molecule has 0 spiro atoms. The van der Waals surface area contributed by atoms with Crippen LogP contribution in [-0.4, -0.2) is 140 Å². The average Bonchev–Trinajstić information content (AvgIpc) is 3.39. The van der Waals surface area contributed by atoms with Crippen molar-refractivity contribution in [3.05, 3.63) is 24.3 Å². The smallest absolute Gasteiger partial charge is 0.220 e. The summed E-state index contributed by atoms with van der Waals surface area (Å²) in [6.45, 7) is 2.67. The van der Waals surface area contributed by atoms with Gasteiger partial charge in [-0.2, -0.15) is 0 Å². The highest BCUT2D eigenvalue weighted by Crippen LogP contribution is 2.30. The molecule has 2 saturated heterocycles. The number of hydrogen-bond donors (Lipinski definition) is 9. The molecule has 12 atom stereocenters. The van der Waals surface area contributed by atoms with Crippen molar-refractivity contribution >= 4 is 5.91 Å². The normalized spacial score (nSPS) is 25.5. The summed E-state index contributed by atoms with van der Waals surface area (Å²) in [6, 6.07) is -0.925. The summed E-state index contributed by atoms with van der Waals surface area (Å²) < 4.78 is 22.6. The number of carbonyl (C=O) groups excluding carboxylic acids is 1. The number of nitrogens with one attached hydrogen (secondary N) is 1. The van der Waals surface area contributed by atoms with Crippen LogP contribution in [0.5, 0.6) is 0 Å². The number of unbranched alkanes of at least 4 members (excludes halogenated alkanes) is 33. The van der Waals surface area contributed by atoms with Crippen LogP contribution in [0.1, 0.15) is 251 Å². The molecule has 0 bridgehead atoms. The molecular weight excluding hydrogens is 931 g/mol. The van der Waals surface area contributed by atoms with Crippen LogP contribution in [0.3, 0.4) is 0 Å². The summed E-state index contributed by atoms with van der Waals surface area (Å²) in [4.78, 5) is 13.2. The van der Waals surface area contributed by atoms with E-state index in [-0.39, 0.29) is 18.9 Å². The third-order valence-electron chi connectivity index (χ3n) is 14.9. The third-order valence-corrected chi connectivity index (χ3v) is 14.9. The second-order valence-electron chi connectivity index (χ2n) is 21.5. The van der Waals surface area contributed by atoms with Crippen LogP contribution in [0.15, 0.2) is 24.3 Å². The van der Waals surface area contributed by atoms with Crippen LogP contribution < -0.4 is 5.32 Å². The zero-order chi connectivity index (χ0) is 53.2. The van der Waals surface area contributed by atoms with E-state index in [0.717, 1.165) is 38.5 Å². The first-order chi connectivity index (χ1) is 35.6. The van der Waals surface area contributed by atoms with E-state index < -0.39 is 86.8 Å². The van der Waals surface area contributed by atoms with Gasteiger partial charge in [-0.15, -0.1) is 0 Å². The maximum Gasteiger partial charge on any atom is 0.220 e. The van der Waals surface area contributed by atoms with Crippen molar-refractivity contribution in [3.63, 3.8) is 0 Å². The third kappa shape index (κ3) is 31.5. The summed E-state index contributed by atoms with van der Waals surface area (Å²) in [5.41, 5.74) is 0. The van der Waals surface area contributed by atoms with Gasteiger partial charge in [-0.3, -0.25) is 4.79 Å². The lowest BCUT2D eigenvalue weighted by Gasteiger charge is -2.46. The Morgan fingerprint density at radius 2 is 0.877 bits per heavy atom. The first kappa shape index (κ1) is 67.6. The van der Waals surface area contributed by atoms with Crippen LogP contribution in [0.2, 0.25) is 0 Å². The minimum Gasteiger partial charge on any atom is -0.394 e. The Hall–Kier alpha value is -1.53. The Morgan fingerprint density at radius 1 is 0.479 bits per heavy atom. The maximum atomic E-state index is 13.2. The van der Waals surface area contributed by atoms with Gasteiger partial charge in [-0.05, 0) is 25.7 Å². The molecule has 0 radical (unpaired) electrons. The van der Waals surface area contributed by atoms with Crippen molar-refractivity contribution in [3.8, 4) is 0 Å². The van der Waals surface area contributed by atoms with Gasteiger partial charge < -0.3 is 65.1 Å². The van der Waals surface area contributed by atoms with Crippen molar-refractivity contribution in [2.24, 2.45) is 0 Å². The first-order valence-electron chi connectivity index (χ1n) is 30.1. The van der Waals surface area contributed by atoms with Crippen molar-refractivity contribution < 1.29 is 64.6 Å². The zero-order valence-corrected chi connectivity index (χ0v) is 46.1. The molecule has 14 heteroatoms. The largest absolute Gasteiger partial charge is 0.394 e. The van der Waals surface area contributed by atoms with Crippen LogP contribution >= 0.6 is 0 Å². The van der Waals surface area contributed by atoms with E-state index in [1.807, 2.05) is 6.08 Å². The van der Waals surface area contributed by atoms with Crippen LogP contribution in [0.25, 0.3) is 0 Å². The molecule has 0 aromatic rings. The quantitative estimate of drug-likeness (QED) is 0.0204. The SMILES string of the molecule is CCC/C=C/CC/C=C/C(O)C(COC1OC(CO)C(OC2OC(CO)C(O)C(O)C2O)C(O)C1O)NC(=O)CCCCCCCCCCCCCCCCCCCCCCCCCCCCCCCCCC. The lowest BCUT2D eigenvalue weighted by Crippen LogP contribution is -2.65. The minimum absolute atomic E-state index is 0.250. The molecule has 14 nitrogen and oxygen atoms in total. The van der Waals surface area contributed by atoms with Crippen molar-refractivity contribution in [1.29, 1.82) is 0 Å². The summed E-state index contributed by atoms with van der Waals surface area (Å²) in [5, 5.41) is 86.5. The molecular formula is C59H111NO13. The van der Waals surface area contributed by atoms with E-state index in [1.54, 1.807) is 6.08 Å². The Kier molecular flexibility index (Phi) is 42.1. The lowest BCUT2D eigenvalue weighted by atomic mass is 9.97. The topological polar surface area (TPSA) is 228 Å². The van der Waals surface area contributed by atoms with Gasteiger partial charge in [0, 0.05) is 6.42 Å². The number of hydrogen-bond acceptors (Lipinski definition) is 13. The van der Waals surface area contributed by atoms with Gasteiger partial charge >= 0.3 is 0 Å². The van der Waals surface area contributed by atoms with Gasteiger partial charge in [-0.25, -0.2) is 0 Å². The Bertz CT molecular complexity index is 1320. The molecule has 12 unspecified atom stereocenters. The fourth-order valence-corrected chi connectivity index (χ4v) is 10.0. The maximum absolute atomic E-state index is 13.2. The summed E-state index contributed by atoms with van der Waals surface area (Å²) in [6.07, 6.45) is 37.4. The highest BCUT2D eigenvalue weighted by Gasteiger charge is 2.51. The number of carbonyl (C=O) groups is 1. The van der Waals surface area contributed by atoms with Gasteiger partial charge in [0.2, 0.25) is 5.91 Å². The average molecular weight is 1040 g/mol. The van der Waals surface area contributed by atoms with Gasteiger partial charge in [0.25, 0.3) is 0 Å². The van der Waals surface area contributed by atoms with Crippen molar-refractivity contribution in [2.75, 3.05) is 19.8 Å². The van der Waals surface area contributed by atoms with E-state index in [2.05, 4.69) is 31.3 Å². The summed E-state index contributed by atoms with van der Waals surface area (Å²) in [7, 11) is 0. The fraction of sp³-hybridized carbons (Fsp3) is 0.915. The van der Waals surface area contributed by atoms with Crippen molar-refractivity contribution in [2.45, 2.75) is 325 Å². The van der Waals surface area contributed by atoms with E-state index in [0.29, 0.717) is 12.8 Å². The molecule has 9 N–H and O–H groups in total. The molecule has 430 valence electrons.